The van der Waals surface area contributed by atoms with E-state index in [1.165, 1.54) is 0 Å². The van der Waals surface area contributed by atoms with Crippen LogP contribution in [0, 0.1) is 5.92 Å². The molecule has 0 bridgehead atoms. The lowest BCUT2D eigenvalue weighted by molar-refractivity contribution is -0.123. The van der Waals surface area contributed by atoms with Crippen molar-refractivity contribution < 1.29 is 4.79 Å². The van der Waals surface area contributed by atoms with Gasteiger partial charge >= 0.3 is 0 Å². The molecule has 3 heteroatoms. The number of amides is 1. The third-order valence-electron chi connectivity index (χ3n) is 1.63. The molecule has 1 N–H and O–H groups in total. The summed E-state index contributed by atoms with van der Waals surface area (Å²) in [6.45, 7) is 2.90. The van der Waals surface area contributed by atoms with Gasteiger partial charge in [-0.05, 0) is 7.05 Å². The topological polar surface area (TPSA) is 32.3 Å². The van der Waals surface area contributed by atoms with Gasteiger partial charge in [0.05, 0.1) is 0 Å². The predicted molar refractivity (Wildman–Crippen MR) is 35.1 cm³/mol. The van der Waals surface area contributed by atoms with E-state index >= 15 is 0 Å². The molecule has 0 aromatic carbocycles. The molecular weight excluding hydrogens is 116 g/mol. The quantitative estimate of drug-likeness (QED) is 0.509. The van der Waals surface area contributed by atoms with E-state index in [1.54, 1.807) is 4.90 Å². The number of carbonyl (C=O) groups excluding carboxylic acids is 1. The van der Waals surface area contributed by atoms with Crippen molar-refractivity contribution in [3.8, 4) is 0 Å². The van der Waals surface area contributed by atoms with Crippen molar-refractivity contribution in [2.75, 3.05) is 26.7 Å². The summed E-state index contributed by atoms with van der Waals surface area (Å²) in [7, 11) is 1.93. The van der Waals surface area contributed by atoms with Crippen LogP contribution >= 0.6 is 0 Å². The maximum atomic E-state index is 10.0. The molecule has 1 saturated heterocycles. The minimum atomic E-state index is 0.695. The summed E-state index contributed by atoms with van der Waals surface area (Å²) in [5.41, 5.74) is 0. The van der Waals surface area contributed by atoms with Gasteiger partial charge in [-0.2, -0.15) is 0 Å². The fraction of sp³-hybridized carbons (Fsp3) is 0.833. The number of rotatable bonds is 3. The van der Waals surface area contributed by atoms with E-state index in [4.69, 9.17) is 0 Å². The third-order valence-corrected chi connectivity index (χ3v) is 1.63. The lowest BCUT2D eigenvalue weighted by Gasteiger charge is -2.36. The first-order valence-electron chi connectivity index (χ1n) is 3.20. The second kappa shape index (κ2) is 2.82. The van der Waals surface area contributed by atoms with E-state index in [1.807, 2.05) is 7.05 Å². The Hall–Kier alpha value is -0.570. The molecule has 1 aliphatic rings. The van der Waals surface area contributed by atoms with Crippen LogP contribution in [0.25, 0.3) is 0 Å². The molecule has 9 heavy (non-hydrogen) atoms. The van der Waals surface area contributed by atoms with Crippen LogP contribution in [0.4, 0.5) is 0 Å². The highest BCUT2D eigenvalue weighted by molar-refractivity contribution is 5.48. The fourth-order valence-corrected chi connectivity index (χ4v) is 1.11. The van der Waals surface area contributed by atoms with Crippen LogP contribution in [-0.4, -0.2) is 38.0 Å². The molecular formula is C6H12N2O. The van der Waals surface area contributed by atoms with Crippen molar-refractivity contribution in [3.63, 3.8) is 0 Å². The van der Waals surface area contributed by atoms with E-state index in [0.29, 0.717) is 5.92 Å². The summed E-state index contributed by atoms with van der Waals surface area (Å²) >= 11 is 0. The maximum Gasteiger partial charge on any atom is 0.209 e. The molecule has 0 unspecified atom stereocenters. The van der Waals surface area contributed by atoms with E-state index in [9.17, 15) is 4.79 Å². The Morgan fingerprint density at radius 2 is 2.44 bits per heavy atom. The first kappa shape index (κ1) is 6.55. The molecule has 1 fully saturated rings. The summed E-state index contributed by atoms with van der Waals surface area (Å²) < 4.78 is 0. The summed E-state index contributed by atoms with van der Waals surface area (Å²) in [6.07, 6.45) is 0.909. The molecule has 0 aromatic heterocycles. The zero-order valence-corrected chi connectivity index (χ0v) is 5.63. The zero-order chi connectivity index (χ0) is 6.69. The van der Waals surface area contributed by atoms with Crippen molar-refractivity contribution in [2.24, 2.45) is 5.92 Å². The molecule has 52 valence electrons. The van der Waals surface area contributed by atoms with Gasteiger partial charge in [-0.15, -0.1) is 0 Å². The van der Waals surface area contributed by atoms with Crippen LogP contribution in [0.5, 0.6) is 0 Å². The molecule has 0 atom stereocenters. The Morgan fingerprint density at radius 3 is 2.89 bits per heavy atom. The van der Waals surface area contributed by atoms with Gasteiger partial charge in [-0.1, -0.05) is 0 Å². The van der Waals surface area contributed by atoms with Crippen LogP contribution < -0.4 is 5.32 Å². The van der Waals surface area contributed by atoms with Gasteiger partial charge in [-0.3, -0.25) is 4.79 Å². The second-order valence-corrected chi connectivity index (χ2v) is 2.48. The van der Waals surface area contributed by atoms with Crippen molar-refractivity contribution in [2.45, 2.75) is 0 Å². The van der Waals surface area contributed by atoms with E-state index in [-0.39, 0.29) is 0 Å². The number of carbonyl (C=O) groups is 1. The third kappa shape index (κ3) is 1.42. The lowest BCUT2D eigenvalue weighted by atomic mass is 10.0. The molecule has 3 nitrogen and oxygen atoms in total. The standard InChI is InChI=1S/C6H12N2O/c1-7-2-6-3-8(4-6)5-9/h5-7H,2-4H2,1H3. The minimum absolute atomic E-state index is 0.695. The highest BCUT2D eigenvalue weighted by Gasteiger charge is 2.23. The first-order valence-corrected chi connectivity index (χ1v) is 3.20. The Kier molecular flexibility index (Phi) is 2.05. The van der Waals surface area contributed by atoms with Gasteiger partial charge in [0.15, 0.2) is 0 Å². The van der Waals surface area contributed by atoms with Crippen molar-refractivity contribution in [1.29, 1.82) is 0 Å². The highest BCUT2D eigenvalue weighted by Crippen LogP contribution is 2.10. The smallest absolute Gasteiger partial charge is 0.209 e. The lowest BCUT2D eigenvalue weighted by Crippen LogP contribution is -2.49. The van der Waals surface area contributed by atoms with E-state index in [2.05, 4.69) is 5.32 Å². The van der Waals surface area contributed by atoms with Gasteiger partial charge in [0, 0.05) is 25.6 Å². The molecule has 1 aliphatic heterocycles. The fourth-order valence-electron chi connectivity index (χ4n) is 1.11. The van der Waals surface area contributed by atoms with Crippen LogP contribution in [-0.2, 0) is 4.79 Å². The van der Waals surface area contributed by atoms with Crippen LogP contribution in [0.15, 0.2) is 0 Å². The first-order chi connectivity index (χ1) is 4.36. The van der Waals surface area contributed by atoms with Crippen molar-refractivity contribution >= 4 is 6.41 Å². The molecule has 0 radical (unpaired) electrons. The Morgan fingerprint density at radius 1 is 1.78 bits per heavy atom. The Bertz CT molecular complexity index is 99.2. The van der Waals surface area contributed by atoms with Crippen molar-refractivity contribution in [1.82, 2.24) is 10.2 Å². The molecule has 1 amide bonds. The molecule has 1 rings (SSSR count). The van der Waals surface area contributed by atoms with Crippen molar-refractivity contribution in [3.05, 3.63) is 0 Å². The second-order valence-electron chi connectivity index (χ2n) is 2.48. The molecule has 0 saturated carbocycles. The minimum Gasteiger partial charge on any atom is -0.344 e. The van der Waals surface area contributed by atoms with Gasteiger partial charge in [0.25, 0.3) is 0 Å². The van der Waals surface area contributed by atoms with Crippen LogP contribution in [0.3, 0.4) is 0 Å². The number of hydrogen-bond acceptors (Lipinski definition) is 2. The molecule has 1 heterocycles. The maximum absolute atomic E-state index is 10.0. The Labute approximate surface area is 55.0 Å². The average molecular weight is 128 g/mol. The monoisotopic (exact) mass is 128 g/mol. The number of hydrogen-bond donors (Lipinski definition) is 1. The normalized spacial score (nSPS) is 19.4. The van der Waals surface area contributed by atoms with Gasteiger partial charge in [0.2, 0.25) is 6.41 Å². The SMILES string of the molecule is CNCC1CN(C=O)C1. The van der Waals surface area contributed by atoms with E-state index in [0.717, 1.165) is 26.0 Å². The summed E-state index contributed by atoms with van der Waals surface area (Å²) in [6, 6.07) is 0. The summed E-state index contributed by atoms with van der Waals surface area (Å²) in [5.74, 6) is 0.695. The largest absolute Gasteiger partial charge is 0.344 e. The zero-order valence-electron chi connectivity index (χ0n) is 5.63. The van der Waals surface area contributed by atoms with Gasteiger partial charge in [-0.25, -0.2) is 0 Å². The molecule has 0 aliphatic carbocycles. The average Bonchev–Trinajstić information content (AvgIpc) is 1.77. The van der Waals surface area contributed by atoms with Crippen LogP contribution in [0.1, 0.15) is 0 Å². The number of nitrogens with zero attached hydrogens (tertiary/aromatic N) is 1. The van der Waals surface area contributed by atoms with E-state index < -0.39 is 0 Å². The number of nitrogens with one attached hydrogen (secondary N) is 1. The highest BCUT2D eigenvalue weighted by atomic mass is 16.1. The number of likely N-dealkylation sites (tertiary alicyclic amines) is 1. The predicted octanol–water partition coefficient (Wildman–Crippen LogP) is -0.706. The van der Waals surface area contributed by atoms with Crippen LogP contribution in [0.2, 0.25) is 0 Å². The van der Waals surface area contributed by atoms with Gasteiger partial charge < -0.3 is 10.2 Å². The summed E-state index contributed by atoms with van der Waals surface area (Å²) in [4.78, 5) is 11.8. The molecule has 0 spiro atoms. The molecule has 0 aromatic rings. The summed E-state index contributed by atoms with van der Waals surface area (Å²) in [5, 5.41) is 3.07. The Balaban J connectivity index is 2.04. The van der Waals surface area contributed by atoms with Gasteiger partial charge in [0.1, 0.15) is 0 Å².